The molecule has 1 saturated carbocycles. The number of hydrogen-bond donors (Lipinski definition) is 1. The van der Waals surface area contributed by atoms with Gasteiger partial charge in [-0.05, 0) is 56.2 Å². The largest absolute Gasteiger partial charge is 0.493 e. The second kappa shape index (κ2) is 8.35. The number of benzene rings is 1. The van der Waals surface area contributed by atoms with Gasteiger partial charge in [-0.3, -0.25) is 9.88 Å². The number of ether oxygens (including phenoxy) is 1. The van der Waals surface area contributed by atoms with Crippen molar-refractivity contribution in [3.05, 3.63) is 39.8 Å². The summed E-state index contributed by atoms with van der Waals surface area (Å²) in [7, 11) is 0. The van der Waals surface area contributed by atoms with E-state index in [1.807, 2.05) is 0 Å². The van der Waals surface area contributed by atoms with E-state index in [2.05, 4.69) is 19.9 Å². The first kappa shape index (κ1) is 25.5. The molecule has 12 heteroatoms. The molecule has 1 aliphatic carbocycles. The second-order valence-electron chi connectivity index (χ2n) is 10.9. The Morgan fingerprint density at radius 1 is 1.18 bits per heavy atom. The van der Waals surface area contributed by atoms with E-state index >= 15 is 4.39 Å². The maximum absolute atomic E-state index is 15.9. The van der Waals surface area contributed by atoms with Crippen LogP contribution in [0, 0.1) is 25.1 Å². The molecule has 2 atom stereocenters. The van der Waals surface area contributed by atoms with Gasteiger partial charge in [-0.2, -0.15) is 23.1 Å². The molecule has 2 saturated heterocycles. The summed E-state index contributed by atoms with van der Waals surface area (Å²) in [5.41, 5.74) is -3.09. The van der Waals surface area contributed by atoms with E-state index in [1.165, 1.54) is 19.9 Å². The molecule has 1 aromatic carbocycles. The Labute approximate surface area is 219 Å². The minimum atomic E-state index is -4.83. The molecule has 2 aromatic heterocycles. The van der Waals surface area contributed by atoms with Crippen molar-refractivity contribution in [3.8, 4) is 23.1 Å². The molecule has 3 aliphatic rings. The van der Waals surface area contributed by atoms with E-state index < -0.39 is 51.9 Å². The molecular formula is C26H24ClF5N4O2. The predicted octanol–water partition coefficient (Wildman–Crippen LogP) is 6.17. The Morgan fingerprint density at radius 3 is 2.61 bits per heavy atom. The van der Waals surface area contributed by atoms with E-state index in [0.29, 0.717) is 13.0 Å². The Balaban J connectivity index is 1.42. The van der Waals surface area contributed by atoms with Gasteiger partial charge in [0.1, 0.15) is 18.3 Å². The third kappa shape index (κ3) is 4.05. The van der Waals surface area contributed by atoms with Crippen molar-refractivity contribution in [2.24, 2.45) is 5.41 Å². The molecule has 6 nitrogen and oxygen atoms in total. The second-order valence-corrected chi connectivity index (χ2v) is 11.4. The predicted molar refractivity (Wildman–Crippen MR) is 129 cm³/mol. The van der Waals surface area contributed by atoms with Crippen molar-refractivity contribution in [3.63, 3.8) is 0 Å². The maximum atomic E-state index is 15.9. The number of hydrogen-bond acceptors (Lipinski definition) is 6. The number of aromatic nitrogens is 3. The normalized spacial score (nSPS) is 24.4. The Kier molecular flexibility index (Phi) is 5.60. The summed E-state index contributed by atoms with van der Waals surface area (Å²) < 4.78 is 77.9. The van der Waals surface area contributed by atoms with E-state index in [0.717, 1.165) is 31.9 Å². The van der Waals surface area contributed by atoms with Crippen LogP contribution in [0.4, 0.5) is 22.0 Å². The molecule has 6 rings (SSSR count). The van der Waals surface area contributed by atoms with Gasteiger partial charge in [0.05, 0.1) is 32.8 Å². The molecule has 0 bridgehead atoms. The molecular weight excluding hydrogens is 531 g/mol. The number of fused-ring (bicyclic) bond motifs is 2. The molecule has 2 aliphatic heterocycles. The zero-order chi connectivity index (χ0) is 27.2. The SMILES string of the molecule is Cc1cc(C)c(C(F)(F)F)c(-c2c(Cl)cc3c(O)nc(OC[C@@]45C[C@@H](F)CN4CC4(CC4)C5)nc3c2F)n1. The van der Waals surface area contributed by atoms with Gasteiger partial charge in [0, 0.05) is 25.2 Å². The molecule has 0 radical (unpaired) electrons. The minimum absolute atomic E-state index is 0.0407. The first-order chi connectivity index (χ1) is 17.8. The summed E-state index contributed by atoms with van der Waals surface area (Å²) in [5, 5.41) is 9.95. The fourth-order valence-corrected chi connectivity index (χ4v) is 6.62. The summed E-state index contributed by atoms with van der Waals surface area (Å²) in [6.45, 7) is 3.90. The van der Waals surface area contributed by atoms with Gasteiger partial charge in [0.25, 0.3) is 0 Å². The first-order valence-corrected chi connectivity index (χ1v) is 12.7. The van der Waals surface area contributed by atoms with Crippen LogP contribution >= 0.6 is 11.6 Å². The number of nitrogens with zero attached hydrogens (tertiary/aromatic N) is 4. The lowest BCUT2D eigenvalue weighted by molar-refractivity contribution is -0.137. The average Bonchev–Trinajstić information content (AvgIpc) is 3.38. The zero-order valence-corrected chi connectivity index (χ0v) is 21.3. The highest BCUT2D eigenvalue weighted by atomic mass is 35.5. The number of rotatable bonds is 4. The van der Waals surface area contributed by atoms with Crippen molar-refractivity contribution in [2.45, 2.75) is 57.4 Å². The monoisotopic (exact) mass is 554 g/mol. The van der Waals surface area contributed by atoms with Crippen molar-refractivity contribution in [1.82, 2.24) is 19.9 Å². The number of aryl methyl sites for hydroxylation is 2. The average molecular weight is 555 g/mol. The summed E-state index contributed by atoms with van der Waals surface area (Å²) in [5.74, 6) is -1.84. The number of alkyl halides is 4. The van der Waals surface area contributed by atoms with Gasteiger partial charge >= 0.3 is 12.2 Å². The quantitative estimate of drug-likeness (QED) is 0.389. The van der Waals surface area contributed by atoms with Gasteiger partial charge < -0.3 is 9.84 Å². The minimum Gasteiger partial charge on any atom is -0.493 e. The molecule has 1 spiro atoms. The van der Waals surface area contributed by atoms with E-state index in [-0.39, 0.29) is 39.7 Å². The number of pyridine rings is 1. The summed E-state index contributed by atoms with van der Waals surface area (Å²) in [6.07, 6.45) is -2.59. The van der Waals surface area contributed by atoms with Crippen molar-refractivity contribution in [2.75, 3.05) is 19.7 Å². The van der Waals surface area contributed by atoms with Crippen LogP contribution in [0.2, 0.25) is 5.02 Å². The topological polar surface area (TPSA) is 71.4 Å². The smallest absolute Gasteiger partial charge is 0.418 e. The lowest BCUT2D eigenvalue weighted by Crippen LogP contribution is -2.43. The van der Waals surface area contributed by atoms with Gasteiger partial charge in [-0.1, -0.05) is 11.6 Å². The lowest BCUT2D eigenvalue weighted by atomic mass is 9.89. The lowest BCUT2D eigenvalue weighted by Gasteiger charge is -2.30. The van der Waals surface area contributed by atoms with Gasteiger partial charge in [0.2, 0.25) is 5.88 Å². The molecule has 38 heavy (non-hydrogen) atoms. The van der Waals surface area contributed by atoms with Crippen LogP contribution in [0.15, 0.2) is 12.1 Å². The maximum Gasteiger partial charge on any atom is 0.418 e. The van der Waals surface area contributed by atoms with Crippen LogP contribution in [-0.2, 0) is 6.18 Å². The fourth-order valence-electron chi connectivity index (χ4n) is 6.34. The van der Waals surface area contributed by atoms with Gasteiger partial charge in [-0.25, -0.2) is 8.78 Å². The van der Waals surface area contributed by atoms with Crippen LogP contribution in [0.1, 0.15) is 42.5 Å². The first-order valence-electron chi connectivity index (χ1n) is 12.3. The molecule has 0 amide bonds. The van der Waals surface area contributed by atoms with Crippen LogP contribution in [0.25, 0.3) is 22.2 Å². The van der Waals surface area contributed by atoms with Crippen molar-refractivity contribution < 1.29 is 31.8 Å². The highest BCUT2D eigenvalue weighted by Crippen LogP contribution is 2.60. The van der Waals surface area contributed by atoms with Crippen LogP contribution in [0.5, 0.6) is 11.9 Å². The molecule has 4 heterocycles. The van der Waals surface area contributed by atoms with Crippen molar-refractivity contribution >= 4 is 22.5 Å². The molecule has 202 valence electrons. The molecule has 1 N–H and O–H groups in total. The standard InChI is InChI=1S/C26H24ClF5N4O2/c1-12-5-13(2)33-21(18(12)26(30,31)32)17-16(27)6-15-20(19(17)29)34-23(35-22(15)37)38-11-25-7-14(28)8-36(25)10-24(9-25)3-4-24/h5-6,14H,3-4,7-11H2,1-2H3,(H,34,35,37)/t14-,25+/m1/s1. The van der Waals surface area contributed by atoms with E-state index in [4.69, 9.17) is 16.3 Å². The zero-order valence-electron chi connectivity index (χ0n) is 20.6. The van der Waals surface area contributed by atoms with Crippen LogP contribution < -0.4 is 4.74 Å². The van der Waals surface area contributed by atoms with Crippen LogP contribution in [-0.4, -0.2) is 56.4 Å². The highest BCUT2D eigenvalue weighted by molar-refractivity contribution is 6.34. The Bertz CT molecular complexity index is 1480. The molecule has 3 fully saturated rings. The Hall–Kier alpha value is -2.79. The van der Waals surface area contributed by atoms with E-state index in [1.54, 1.807) is 0 Å². The highest BCUT2D eigenvalue weighted by Gasteiger charge is 2.62. The number of aromatic hydroxyl groups is 1. The van der Waals surface area contributed by atoms with Crippen molar-refractivity contribution in [1.29, 1.82) is 0 Å². The van der Waals surface area contributed by atoms with Gasteiger partial charge in [0.15, 0.2) is 5.82 Å². The van der Waals surface area contributed by atoms with Crippen LogP contribution in [0.3, 0.4) is 0 Å². The fraction of sp³-hybridized carbons (Fsp3) is 0.500. The molecule has 3 aromatic rings. The third-order valence-corrected chi connectivity index (χ3v) is 8.35. The number of halogens is 6. The summed E-state index contributed by atoms with van der Waals surface area (Å²) in [4.78, 5) is 14.1. The Morgan fingerprint density at radius 2 is 1.92 bits per heavy atom. The molecule has 0 unspecified atom stereocenters. The summed E-state index contributed by atoms with van der Waals surface area (Å²) >= 11 is 6.25. The van der Waals surface area contributed by atoms with Gasteiger partial charge in [-0.15, -0.1) is 0 Å². The van der Waals surface area contributed by atoms with E-state index in [9.17, 15) is 22.7 Å². The third-order valence-electron chi connectivity index (χ3n) is 8.06. The summed E-state index contributed by atoms with van der Waals surface area (Å²) in [6, 6.07) is 1.99.